The van der Waals surface area contributed by atoms with Gasteiger partial charge in [0.05, 0.1) is 17.1 Å². The lowest BCUT2D eigenvalue weighted by atomic mass is 10.0. The van der Waals surface area contributed by atoms with Crippen molar-refractivity contribution in [3.63, 3.8) is 0 Å². The zero-order chi connectivity index (χ0) is 20.9. The van der Waals surface area contributed by atoms with Gasteiger partial charge in [-0.15, -0.1) is 0 Å². The van der Waals surface area contributed by atoms with Crippen molar-refractivity contribution in [2.75, 3.05) is 5.75 Å². The number of primary amides is 1. The molecule has 0 aliphatic carbocycles. The second-order valence-corrected chi connectivity index (χ2v) is 8.91. The van der Waals surface area contributed by atoms with Crippen LogP contribution in [0.4, 0.5) is 0 Å². The normalized spacial score (nSPS) is 12.4. The van der Waals surface area contributed by atoms with Crippen LogP contribution in [0.5, 0.6) is 0 Å². The molecule has 0 saturated heterocycles. The van der Waals surface area contributed by atoms with Crippen molar-refractivity contribution in [2.24, 2.45) is 5.73 Å². The van der Waals surface area contributed by atoms with Crippen LogP contribution in [-0.2, 0) is 25.8 Å². The number of hydrogen-bond acceptors (Lipinski definition) is 4. The average Bonchev–Trinajstić information content (AvgIpc) is 2.71. The smallest absolute Gasteiger partial charge is 0.240 e. The van der Waals surface area contributed by atoms with Crippen molar-refractivity contribution in [1.29, 1.82) is 0 Å². The van der Waals surface area contributed by atoms with Crippen molar-refractivity contribution in [1.82, 2.24) is 5.32 Å². The lowest BCUT2D eigenvalue weighted by Gasteiger charge is -2.16. The molecule has 2 amide bonds. The summed E-state index contributed by atoms with van der Waals surface area (Å²) in [6.07, 6.45) is -0.0178. The number of fused-ring (bicyclic) bond motifs is 1. The number of benzene rings is 3. The first-order chi connectivity index (χ1) is 13.8. The zero-order valence-corrected chi connectivity index (χ0v) is 16.6. The van der Waals surface area contributed by atoms with Crippen LogP contribution in [0, 0.1) is 0 Å². The molecular formula is C22H22N2O4S. The molecule has 0 unspecified atom stereocenters. The third-order valence-corrected chi connectivity index (χ3v) is 6.40. The Balaban J connectivity index is 1.63. The minimum atomic E-state index is -3.57. The first kappa shape index (κ1) is 20.5. The minimum Gasteiger partial charge on any atom is -0.368 e. The van der Waals surface area contributed by atoms with E-state index in [4.69, 9.17) is 5.73 Å². The van der Waals surface area contributed by atoms with Gasteiger partial charge >= 0.3 is 0 Å². The van der Waals surface area contributed by atoms with E-state index in [2.05, 4.69) is 5.32 Å². The first-order valence-corrected chi connectivity index (χ1v) is 10.8. The molecular weight excluding hydrogens is 388 g/mol. The summed E-state index contributed by atoms with van der Waals surface area (Å²) in [5.41, 5.74) is 6.17. The summed E-state index contributed by atoms with van der Waals surface area (Å²) in [6.45, 7) is 0. The summed E-state index contributed by atoms with van der Waals surface area (Å²) in [5, 5.41) is 4.64. The van der Waals surface area contributed by atoms with Gasteiger partial charge in [-0.3, -0.25) is 9.59 Å². The second-order valence-electron chi connectivity index (χ2n) is 6.80. The van der Waals surface area contributed by atoms with Crippen molar-refractivity contribution < 1.29 is 18.0 Å². The van der Waals surface area contributed by atoms with Gasteiger partial charge in [0.15, 0.2) is 9.84 Å². The predicted molar refractivity (Wildman–Crippen MR) is 112 cm³/mol. The average molecular weight is 410 g/mol. The van der Waals surface area contributed by atoms with Crippen LogP contribution in [0.15, 0.2) is 77.7 Å². The fraction of sp³-hybridized carbons (Fsp3) is 0.182. The Morgan fingerprint density at radius 3 is 2.24 bits per heavy atom. The fourth-order valence-corrected chi connectivity index (χ4v) is 4.44. The molecule has 1 atom stereocenters. The highest BCUT2D eigenvalue weighted by atomic mass is 32.2. The van der Waals surface area contributed by atoms with E-state index in [1.165, 1.54) is 12.1 Å². The molecule has 0 radical (unpaired) electrons. The minimum absolute atomic E-state index is 0.0695. The fourth-order valence-electron chi connectivity index (χ4n) is 3.08. The number of rotatable bonds is 8. The van der Waals surface area contributed by atoms with Crippen molar-refractivity contribution >= 4 is 32.4 Å². The highest BCUT2D eigenvalue weighted by Gasteiger charge is 2.22. The van der Waals surface area contributed by atoms with Gasteiger partial charge in [-0.2, -0.15) is 0 Å². The molecule has 6 nitrogen and oxygen atoms in total. The predicted octanol–water partition coefficient (Wildman–Crippen LogP) is 2.22. The molecule has 3 aromatic carbocycles. The molecule has 150 valence electrons. The van der Waals surface area contributed by atoms with Gasteiger partial charge in [-0.1, -0.05) is 60.7 Å². The Hall–Kier alpha value is -3.19. The van der Waals surface area contributed by atoms with E-state index in [9.17, 15) is 18.0 Å². The molecule has 0 saturated carbocycles. The molecule has 0 aliphatic rings. The monoisotopic (exact) mass is 410 g/mol. The van der Waals surface area contributed by atoms with E-state index in [0.717, 1.165) is 16.3 Å². The molecule has 0 bridgehead atoms. The topological polar surface area (TPSA) is 106 Å². The second kappa shape index (κ2) is 8.87. The van der Waals surface area contributed by atoms with E-state index < -0.39 is 21.8 Å². The van der Waals surface area contributed by atoms with Gasteiger partial charge in [-0.05, 0) is 34.9 Å². The number of hydrogen-bond donors (Lipinski definition) is 2. The molecule has 0 fully saturated rings. The van der Waals surface area contributed by atoms with Crippen LogP contribution in [0.1, 0.15) is 12.0 Å². The van der Waals surface area contributed by atoms with Crippen LogP contribution in [-0.4, -0.2) is 32.0 Å². The van der Waals surface area contributed by atoms with Crippen LogP contribution in [0.25, 0.3) is 10.8 Å². The molecule has 3 rings (SSSR count). The van der Waals surface area contributed by atoms with Gasteiger partial charge < -0.3 is 11.1 Å². The number of carbonyl (C=O) groups excluding carboxylic acids is 2. The van der Waals surface area contributed by atoms with Gasteiger partial charge in [0.25, 0.3) is 0 Å². The lowest BCUT2D eigenvalue weighted by molar-refractivity contribution is -0.127. The van der Waals surface area contributed by atoms with Crippen LogP contribution < -0.4 is 11.1 Å². The summed E-state index contributed by atoms with van der Waals surface area (Å²) in [6, 6.07) is 20.4. The molecule has 0 spiro atoms. The molecule has 3 N–H and O–H groups in total. The lowest BCUT2D eigenvalue weighted by Crippen LogP contribution is -2.45. The molecule has 29 heavy (non-hydrogen) atoms. The van der Waals surface area contributed by atoms with Gasteiger partial charge in [0.1, 0.15) is 6.04 Å². The van der Waals surface area contributed by atoms with Gasteiger partial charge in [-0.25, -0.2) is 8.42 Å². The summed E-state index contributed by atoms with van der Waals surface area (Å²) in [7, 11) is -3.57. The third kappa shape index (κ3) is 5.42. The van der Waals surface area contributed by atoms with E-state index in [-0.39, 0.29) is 29.4 Å². The van der Waals surface area contributed by atoms with E-state index in [0.29, 0.717) is 0 Å². The van der Waals surface area contributed by atoms with E-state index in [1.807, 2.05) is 42.5 Å². The number of nitrogens with two attached hydrogens (primary N) is 1. The van der Waals surface area contributed by atoms with Crippen molar-refractivity contribution in [2.45, 2.75) is 23.8 Å². The maximum absolute atomic E-state index is 12.4. The summed E-state index contributed by atoms with van der Waals surface area (Å²) >= 11 is 0. The largest absolute Gasteiger partial charge is 0.368 e. The Morgan fingerprint density at radius 1 is 0.897 bits per heavy atom. The number of amides is 2. The van der Waals surface area contributed by atoms with Crippen LogP contribution in [0.3, 0.4) is 0 Å². The van der Waals surface area contributed by atoms with Crippen molar-refractivity contribution in [3.05, 3.63) is 78.4 Å². The Morgan fingerprint density at radius 2 is 1.55 bits per heavy atom. The van der Waals surface area contributed by atoms with Crippen molar-refractivity contribution in [3.8, 4) is 0 Å². The third-order valence-electron chi connectivity index (χ3n) is 4.63. The van der Waals surface area contributed by atoms with E-state index >= 15 is 0 Å². The maximum atomic E-state index is 12.4. The summed E-state index contributed by atoms with van der Waals surface area (Å²) < 4.78 is 24.8. The Bertz CT molecular complexity index is 1130. The van der Waals surface area contributed by atoms with Crippen LogP contribution >= 0.6 is 0 Å². The van der Waals surface area contributed by atoms with Gasteiger partial charge in [0, 0.05) is 0 Å². The summed E-state index contributed by atoms with van der Waals surface area (Å²) in [5.74, 6) is -1.44. The highest BCUT2D eigenvalue weighted by Crippen LogP contribution is 2.16. The summed E-state index contributed by atoms with van der Waals surface area (Å²) in [4.78, 5) is 24.3. The number of nitrogens with one attached hydrogen (secondary N) is 1. The van der Waals surface area contributed by atoms with Gasteiger partial charge in [0.2, 0.25) is 11.8 Å². The molecule has 3 aromatic rings. The zero-order valence-electron chi connectivity index (χ0n) is 15.7. The molecule has 0 aromatic heterocycles. The first-order valence-electron chi connectivity index (χ1n) is 9.19. The Labute approximate surface area is 169 Å². The number of sulfone groups is 1. The SMILES string of the molecule is NC(=O)[C@H](CCS(=O)(=O)c1ccccc1)NC(=O)Cc1ccc2ccccc2c1. The Kier molecular flexibility index (Phi) is 6.29. The quantitative estimate of drug-likeness (QED) is 0.594. The van der Waals surface area contributed by atoms with Crippen LogP contribution in [0.2, 0.25) is 0 Å². The molecule has 0 aliphatic heterocycles. The highest BCUT2D eigenvalue weighted by molar-refractivity contribution is 7.91. The standard InChI is InChI=1S/C22H22N2O4S/c23-22(26)20(12-13-29(27,28)19-8-2-1-3-9-19)24-21(25)15-16-10-11-17-6-4-5-7-18(17)14-16/h1-11,14,20H,12-13,15H2,(H2,23,26)(H,24,25)/t20-/m0/s1. The number of carbonyl (C=O) groups is 2. The maximum Gasteiger partial charge on any atom is 0.240 e. The molecule has 0 heterocycles. The molecule has 7 heteroatoms. The van der Waals surface area contributed by atoms with E-state index in [1.54, 1.807) is 18.2 Å².